The van der Waals surface area contributed by atoms with Crippen molar-refractivity contribution in [2.75, 3.05) is 0 Å². The Bertz CT molecular complexity index is 189. The highest BCUT2D eigenvalue weighted by molar-refractivity contribution is 6.50. The zero-order chi connectivity index (χ0) is 13.4. The molecule has 0 radical (unpaired) electrons. The molecule has 2 aliphatic carbocycles. The van der Waals surface area contributed by atoms with Crippen molar-refractivity contribution in [2.24, 2.45) is 0 Å². The molecular weight excluding hydrogens is 358 g/mol. The van der Waals surface area contributed by atoms with Crippen molar-refractivity contribution in [3.63, 3.8) is 0 Å². The fourth-order valence-corrected chi connectivity index (χ4v) is 7.25. The first kappa shape index (κ1) is 16.6. The van der Waals surface area contributed by atoms with Crippen LogP contribution in [0.2, 0.25) is 0 Å². The molecule has 0 spiro atoms. The Morgan fingerprint density at radius 3 is 1.17 bits per heavy atom. The minimum atomic E-state index is -6.00. The van der Waals surface area contributed by atoms with Crippen LogP contribution in [-0.2, 0) is 0 Å². The summed E-state index contributed by atoms with van der Waals surface area (Å²) in [5.41, 5.74) is 0. The monoisotopic (exact) mass is 380 g/mol. The minimum Gasteiger partial charge on any atom is -0.418 e. The van der Waals surface area contributed by atoms with Gasteiger partial charge in [0.1, 0.15) is 0 Å². The molecule has 0 aromatic rings. The molecule has 0 aromatic carbocycles. The zero-order valence-corrected chi connectivity index (χ0v) is 12.9. The van der Waals surface area contributed by atoms with Crippen LogP contribution in [-0.4, -0.2) is 15.1 Å². The summed E-state index contributed by atoms with van der Waals surface area (Å²) in [5, 5.41) is 0. The fraction of sp³-hybridized carbons (Fsp3) is 1.00. The third-order valence-electron chi connectivity index (χ3n) is 3.43. The van der Waals surface area contributed by atoms with Gasteiger partial charge in [-0.25, -0.2) is 0 Å². The van der Waals surface area contributed by atoms with E-state index in [1.807, 2.05) is 0 Å². The first-order valence-electron chi connectivity index (χ1n) is 6.94. The maximum atomic E-state index is 9.75. The molecular formula is C12H22BF4I. The second-order valence-electron chi connectivity index (χ2n) is 5.09. The molecule has 2 aliphatic rings. The number of rotatable bonds is 2. The highest BCUT2D eigenvalue weighted by Crippen LogP contribution is 2.16. The Morgan fingerprint density at radius 2 is 0.889 bits per heavy atom. The summed E-state index contributed by atoms with van der Waals surface area (Å²) < 4.78 is 41.5. The highest BCUT2D eigenvalue weighted by atomic mass is 127. The van der Waals surface area contributed by atoms with Gasteiger partial charge >= 0.3 is 7.25 Å². The van der Waals surface area contributed by atoms with Crippen LogP contribution in [0.4, 0.5) is 17.3 Å². The van der Waals surface area contributed by atoms with Gasteiger partial charge in [-0.15, -0.1) is 0 Å². The second kappa shape index (κ2) is 8.64. The molecule has 2 saturated carbocycles. The van der Waals surface area contributed by atoms with Gasteiger partial charge in [-0.1, -0.05) is 12.8 Å². The van der Waals surface area contributed by atoms with E-state index in [1.165, 1.54) is 20.7 Å². The zero-order valence-electron chi connectivity index (χ0n) is 10.7. The first-order valence-corrected chi connectivity index (χ1v) is 9.43. The quantitative estimate of drug-likeness (QED) is 0.298. The van der Waals surface area contributed by atoms with E-state index in [2.05, 4.69) is 0 Å². The average Bonchev–Trinajstić information content (AvgIpc) is 2.29. The largest absolute Gasteiger partial charge is 0.673 e. The highest BCUT2D eigenvalue weighted by Gasteiger charge is 2.33. The maximum Gasteiger partial charge on any atom is 0.673 e. The molecule has 2 rings (SSSR count). The lowest BCUT2D eigenvalue weighted by Crippen LogP contribution is -3.68. The third kappa shape index (κ3) is 9.45. The lowest BCUT2D eigenvalue weighted by atomic mass is 10.0. The first-order chi connectivity index (χ1) is 8.45. The molecule has 18 heavy (non-hydrogen) atoms. The van der Waals surface area contributed by atoms with E-state index in [1.54, 1.807) is 51.4 Å². The molecule has 0 atom stereocenters. The van der Waals surface area contributed by atoms with Crippen molar-refractivity contribution in [1.82, 2.24) is 0 Å². The van der Waals surface area contributed by atoms with Crippen molar-refractivity contribution in [3.05, 3.63) is 0 Å². The summed E-state index contributed by atoms with van der Waals surface area (Å²) in [7, 11) is -6.00. The van der Waals surface area contributed by atoms with Gasteiger partial charge in [0.2, 0.25) is 0 Å². The molecule has 0 heterocycles. The summed E-state index contributed by atoms with van der Waals surface area (Å²) in [4.78, 5) is 0. The van der Waals surface area contributed by atoms with Crippen LogP contribution in [0, 0.1) is 0 Å². The minimum absolute atomic E-state index is 0.583. The predicted molar refractivity (Wildman–Crippen MR) is 63.9 cm³/mol. The van der Waals surface area contributed by atoms with Crippen LogP contribution in [0.25, 0.3) is 0 Å². The van der Waals surface area contributed by atoms with E-state index in [0.29, 0.717) is 21.2 Å². The molecule has 0 aromatic heterocycles. The summed E-state index contributed by atoms with van der Waals surface area (Å²) in [6, 6.07) is 0. The Labute approximate surface area is 118 Å². The maximum absolute atomic E-state index is 9.75. The van der Waals surface area contributed by atoms with E-state index in [-0.39, 0.29) is 0 Å². The SMILES string of the molecule is C1CCC([I+]C2CCCCC2)CC1.F[B-](F)(F)F. The van der Waals surface area contributed by atoms with Crippen LogP contribution in [0.3, 0.4) is 0 Å². The molecule has 108 valence electrons. The van der Waals surface area contributed by atoms with Gasteiger partial charge in [-0.2, -0.15) is 0 Å². The smallest absolute Gasteiger partial charge is 0.418 e. The normalized spacial score (nSPS) is 23.3. The van der Waals surface area contributed by atoms with Crippen molar-refractivity contribution >= 4 is 7.25 Å². The van der Waals surface area contributed by atoms with Gasteiger partial charge in [-0.3, -0.25) is 0 Å². The van der Waals surface area contributed by atoms with Gasteiger partial charge in [0.05, 0.1) is 0 Å². The Balaban J connectivity index is 0.000000280. The van der Waals surface area contributed by atoms with E-state index in [9.17, 15) is 17.3 Å². The van der Waals surface area contributed by atoms with Crippen molar-refractivity contribution in [3.8, 4) is 0 Å². The fourth-order valence-electron chi connectivity index (χ4n) is 2.61. The molecule has 0 amide bonds. The van der Waals surface area contributed by atoms with E-state index in [0.717, 1.165) is 0 Å². The average molecular weight is 380 g/mol. The topological polar surface area (TPSA) is 0 Å². The van der Waals surface area contributed by atoms with Gasteiger partial charge in [0, 0.05) is 0 Å². The summed E-state index contributed by atoms with van der Waals surface area (Å²) in [6.07, 6.45) is 15.7. The Hall–Kier alpha value is 0.515. The Morgan fingerprint density at radius 1 is 0.611 bits per heavy atom. The number of alkyl halides is 2. The summed E-state index contributed by atoms with van der Waals surface area (Å²) >= 11 is 0.583. The lowest BCUT2D eigenvalue weighted by Gasteiger charge is -2.17. The predicted octanol–water partition coefficient (Wildman–Crippen LogP) is 2.04. The molecule has 0 N–H and O–H groups in total. The van der Waals surface area contributed by atoms with Crippen molar-refractivity contribution in [2.45, 2.75) is 72.1 Å². The third-order valence-corrected chi connectivity index (χ3v) is 7.95. The van der Waals surface area contributed by atoms with E-state index < -0.39 is 7.25 Å². The summed E-state index contributed by atoms with van der Waals surface area (Å²) in [5.74, 6) is 0. The molecule has 0 nitrogen and oxygen atoms in total. The van der Waals surface area contributed by atoms with Gasteiger partial charge in [-0.05, 0) is 51.4 Å². The van der Waals surface area contributed by atoms with E-state index >= 15 is 0 Å². The Kier molecular flexibility index (Phi) is 7.95. The molecule has 0 saturated heterocycles. The van der Waals surface area contributed by atoms with Crippen LogP contribution in [0.1, 0.15) is 64.2 Å². The van der Waals surface area contributed by atoms with Crippen LogP contribution >= 0.6 is 0 Å². The van der Waals surface area contributed by atoms with Crippen LogP contribution in [0.5, 0.6) is 0 Å². The van der Waals surface area contributed by atoms with Gasteiger partial charge in [0.25, 0.3) is 21.2 Å². The number of hydrogen-bond donors (Lipinski definition) is 0. The van der Waals surface area contributed by atoms with Gasteiger partial charge in [0.15, 0.2) is 7.85 Å². The number of halogens is 5. The second-order valence-corrected chi connectivity index (χ2v) is 9.33. The number of hydrogen-bond acceptors (Lipinski definition) is 0. The van der Waals surface area contributed by atoms with Crippen molar-refractivity contribution in [1.29, 1.82) is 0 Å². The lowest BCUT2D eigenvalue weighted by molar-refractivity contribution is -0.725. The van der Waals surface area contributed by atoms with Crippen molar-refractivity contribution < 1.29 is 38.5 Å². The standard InChI is InChI=1S/C12H22I.BF4/c1-3-7-11(8-4-1)13-12-9-5-2-6-10-12;2-1(3,4)5/h11-12H,1-10H2;/q+1;-1. The van der Waals surface area contributed by atoms with Crippen LogP contribution in [0.15, 0.2) is 0 Å². The van der Waals surface area contributed by atoms with Crippen LogP contribution < -0.4 is 21.2 Å². The molecule has 0 bridgehead atoms. The molecule has 0 aliphatic heterocycles. The molecule has 0 unspecified atom stereocenters. The summed E-state index contributed by atoms with van der Waals surface area (Å²) in [6.45, 7) is 0. The molecule has 2 fully saturated rings. The van der Waals surface area contributed by atoms with E-state index in [4.69, 9.17) is 0 Å². The molecule has 6 heteroatoms. The van der Waals surface area contributed by atoms with Gasteiger partial charge < -0.3 is 17.3 Å².